The number of pyridine rings is 2. The number of nitrogen functional groups attached to an aromatic ring is 2. The Balaban J connectivity index is 0.634. The molecule has 0 radical (unpaired) electrons. The normalized spacial score (nSPS) is 12.8. The number of carbonyl (C=O) groups is 2. The van der Waals surface area contributed by atoms with Crippen LogP contribution in [0.4, 0.5) is 34.4 Å². The van der Waals surface area contributed by atoms with Crippen molar-refractivity contribution in [2.45, 2.75) is 71.6 Å². The molecule has 14 heteroatoms. The number of nitrogens with zero attached hydrogens (tertiary/aromatic N) is 5. The van der Waals surface area contributed by atoms with Crippen molar-refractivity contribution in [1.29, 1.82) is 0 Å². The number of hydrogen-bond donors (Lipinski definition) is 7. The van der Waals surface area contributed by atoms with Gasteiger partial charge < -0.3 is 32.7 Å². The van der Waals surface area contributed by atoms with E-state index in [2.05, 4.69) is 104 Å². The lowest BCUT2D eigenvalue weighted by Crippen LogP contribution is -2.71. The van der Waals surface area contributed by atoms with E-state index < -0.39 is 0 Å². The Kier molecular flexibility index (Phi) is 17.5. The number of allylic oxidation sites excluding steroid dienone is 3. The minimum absolute atomic E-state index is 0.0742. The Morgan fingerprint density at radius 3 is 1.82 bits per heavy atom. The summed E-state index contributed by atoms with van der Waals surface area (Å²) in [5.74, 6) is 0.765. The Labute approximate surface area is 444 Å². The molecule has 0 bridgehead atoms. The van der Waals surface area contributed by atoms with Crippen molar-refractivity contribution >= 4 is 74.0 Å². The fourth-order valence-corrected chi connectivity index (χ4v) is 9.48. The van der Waals surface area contributed by atoms with E-state index in [4.69, 9.17) is 21.4 Å². The highest BCUT2D eigenvalue weighted by Gasteiger charge is 2.22. The van der Waals surface area contributed by atoms with Crippen LogP contribution in [-0.4, -0.2) is 58.7 Å². The van der Waals surface area contributed by atoms with Gasteiger partial charge >= 0.3 is 0 Å². The van der Waals surface area contributed by atoms with Crippen LogP contribution in [0, 0.1) is 6.92 Å². The van der Waals surface area contributed by atoms with Crippen LogP contribution in [0.1, 0.15) is 91.0 Å². The molecule has 0 saturated heterocycles. The van der Waals surface area contributed by atoms with Crippen LogP contribution in [0.25, 0.3) is 38.9 Å². The summed E-state index contributed by atoms with van der Waals surface area (Å²) in [6.07, 6.45) is 16.6. The Bertz CT molecular complexity index is 3390. The van der Waals surface area contributed by atoms with E-state index in [9.17, 15) is 9.59 Å². The molecule has 0 unspecified atom stereocenters. The van der Waals surface area contributed by atoms with Crippen molar-refractivity contribution in [1.82, 2.24) is 30.9 Å². The fraction of sp³-hybridized carbons (Fsp3) is 0.242. The summed E-state index contributed by atoms with van der Waals surface area (Å²) in [6.45, 7) is 7.19. The molecule has 76 heavy (non-hydrogen) atoms. The number of carbonyl (C=O) groups excluding carboxylic acids is 2. The number of quaternary nitrogens is 1. The van der Waals surface area contributed by atoms with Crippen molar-refractivity contribution in [2.24, 2.45) is 4.99 Å². The average molecular weight is 1010 g/mol. The molecule has 9 rings (SSSR count). The van der Waals surface area contributed by atoms with Gasteiger partial charge in [-0.1, -0.05) is 92.4 Å². The van der Waals surface area contributed by atoms with Gasteiger partial charge in [0.25, 0.3) is 11.8 Å². The molecule has 1 aliphatic carbocycles. The summed E-state index contributed by atoms with van der Waals surface area (Å²) in [7, 11) is 0. The van der Waals surface area contributed by atoms with Gasteiger partial charge in [-0.3, -0.25) is 14.9 Å². The zero-order valence-corrected chi connectivity index (χ0v) is 43.5. The summed E-state index contributed by atoms with van der Waals surface area (Å²) in [5, 5.41) is 15.5. The van der Waals surface area contributed by atoms with Gasteiger partial charge in [0.05, 0.1) is 18.5 Å². The highest BCUT2D eigenvalue weighted by atomic mass is 16.2. The number of fused-ring (bicyclic) bond motifs is 2. The SMILES string of the molecule is CC1=CC(=Nc2cnc(N)cc2[NH2+]c2ccccc2)CC=C1NCCCCCCNC(=O)c1ccc(-c2ccc(C(=O)NCCCCCCNc3cc4c(cc3C)nc3cnc(N)cc3[n+]4-c3ccccc3)cc2)cc1. The third-order valence-electron chi connectivity index (χ3n) is 13.6. The zero-order valence-electron chi connectivity index (χ0n) is 43.5. The standard InChI is InChI=1S/C62H66N12O2/c1-42-35-49(72-55-40-69-59(63)38-53(55)71-48-17-9-7-10-18-48)29-30-51(42)65-31-13-3-5-15-33-67-61(75)46-25-21-44(22-26-46)45-23-27-47(28-24-45)62(76)68-34-16-6-4-14-32-66-52-37-57-54(36-43(52)2)73-56-41-70-60(64)39-58(56)74(57)50-19-11-8-12-20-50/h7-12,17-28,30,35-41,65H,3-6,13-16,29,31-34H2,1-2H3,(H7,63,64,66,67,68,69,70,71,75,76)/p+2. The molecule has 14 nitrogen and oxygen atoms in total. The predicted octanol–water partition coefficient (Wildman–Crippen LogP) is 10.4. The van der Waals surface area contributed by atoms with Crippen molar-refractivity contribution in [3.63, 3.8) is 0 Å². The molecule has 1 aliphatic rings. The number of aryl methyl sites for hydroxylation is 1. The molecular weight excluding hydrogens is 945 g/mol. The Morgan fingerprint density at radius 2 is 1.18 bits per heavy atom. The summed E-state index contributed by atoms with van der Waals surface area (Å²) in [4.78, 5) is 44.4. The average Bonchev–Trinajstić information content (AvgIpc) is 3.43. The number of benzene rings is 5. The smallest absolute Gasteiger partial charge is 0.251 e. The van der Waals surface area contributed by atoms with Crippen molar-refractivity contribution in [3.05, 3.63) is 186 Å². The van der Waals surface area contributed by atoms with Crippen molar-refractivity contribution in [2.75, 3.05) is 43.0 Å². The molecule has 10 N–H and O–H groups in total. The number of nitrogens with one attached hydrogen (secondary N) is 4. The van der Waals surface area contributed by atoms with Gasteiger partial charge in [0.15, 0.2) is 11.2 Å². The van der Waals surface area contributed by atoms with Gasteiger partial charge in [0.2, 0.25) is 16.7 Å². The molecule has 386 valence electrons. The van der Waals surface area contributed by atoms with Crippen LogP contribution in [0.5, 0.6) is 0 Å². The Morgan fingerprint density at radius 1 is 0.618 bits per heavy atom. The zero-order chi connectivity index (χ0) is 52.6. The lowest BCUT2D eigenvalue weighted by atomic mass is 10.0. The van der Waals surface area contributed by atoms with Crippen molar-refractivity contribution in [3.8, 4) is 16.8 Å². The molecule has 8 aromatic rings. The van der Waals surface area contributed by atoms with E-state index >= 15 is 0 Å². The number of aliphatic imine (C=N–C) groups is 1. The van der Waals surface area contributed by atoms with E-state index in [-0.39, 0.29) is 11.8 Å². The molecule has 0 aliphatic heterocycles. The van der Waals surface area contributed by atoms with Gasteiger partial charge in [-0.15, -0.1) is 4.57 Å². The summed E-state index contributed by atoms with van der Waals surface area (Å²) < 4.78 is 2.20. The first kappa shape index (κ1) is 52.1. The second kappa shape index (κ2) is 25.5. The highest BCUT2D eigenvalue weighted by Crippen LogP contribution is 2.27. The maximum atomic E-state index is 13.0. The first-order valence-electron chi connectivity index (χ1n) is 26.5. The van der Waals surface area contributed by atoms with E-state index in [1.165, 1.54) is 0 Å². The van der Waals surface area contributed by atoms with Crippen LogP contribution < -0.4 is 42.6 Å². The van der Waals surface area contributed by atoms with E-state index in [0.29, 0.717) is 35.9 Å². The Hall–Kier alpha value is -8.75. The summed E-state index contributed by atoms with van der Waals surface area (Å²) in [5.41, 5.74) is 28.2. The predicted molar refractivity (Wildman–Crippen MR) is 308 cm³/mol. The number of nitrogens with two attached hydrogens (primary N) is 3. The number of anilines is 3. The van der Waals surface area contributed by atoms with Gasteiger partial charge in [-0.2, -0.15) is 0 Å². The molecule has 0 fully saturated rings. The van der Waals surface area contributed by atoms with Crippen molar-refractivity contribution < 1.29 is 19.5 Å². The first-order valence-corrected chi connectivity index (χ1v) is 26.5. The largest absolute Gasteiger partial charge is 0.385 e. The molecule has 3 aromatic heterocycles. The van der Waals surface area contributed by atoms with Crippen LogP contribution in [-0.2, 0) is 0 Å². The number of unbranched alkanes of at least 4 members (excludes halogenated alkanes) is 6. The van der Waals surface area contributed by atoms with Crippen LogP contribution in [0.2, 0.25) is 0 Å². The van der Waals surface area contributed by atoms with E-state index in [1.54, 1.807) is 12.4 Å². The molecule has 2 amide bonds. The maximum Gasteiger partial charge on any atom is 0.251 e. The lowest BCUT2D eigenvalue weighted by molar-refractivity contribution is -0.538. The minimum atomic E-state index is -0.0787. The highest BCUT2D eigenvalue weighted by molar-refractivity contribution is 6.00. The molecule has 0 spiro atoms. The van der Waals surface area contributed by atoms with Gasteiger partial charge in [0, 0.05) is 85.1 Å². The minimum Gasteiger partial charge on any atom is -0.385 e. The summed E-state index contributed by atoms with van der Waals surface area (Å²) in [6, 6.07) is 43.7. The lowest BCUT2D eigenvalue weighted by Gasteiger charge is -2.16. The van der Waals surface area contributed by atoms with Crippen LogP contribution in [0.3, 0.4) is 0 Å². The topological polar surface area (TPSA) is 206 Å². The van der Waals surface area contributed by atoms with Gasteiger partial charge in [-0.05, 0) is 110 Å². The molecular formula is C62H68N12O2+2. The monoisotopic (exact) mass is 1010 g/mol. The number of hydrogen-bond acceptors (Lipinski definition) is 10. The van der Waals surface area contributed by atoms with E-state index in [0.717, 1.165) is 155 Å². The summed E-state index contributed by atoms with van der Waals surface area (Å²) >= 11 is 0. The molecule has 0 atom stereocenters. The number of amides is 2. The second-order valence-corrected chi connectivity index (χ2v) is 19.4. The number of aromatic nitrogens is 4. The second-order valence-electron chi connectivity index (χ2n) is 19.4. The molecule has 3 heterocycles. The van der Waals surface area contributed by atoms with Gasteiger partial charge in [0.1, 0.15) is 28.5 Å². The number of para-hydroxylation sites is 2. The van der Waals surface area contributed by atoms with Crippen LogP contribution >= 0.6 is 0 Å². The number of rotatable bonds is 23. The fourth-order valence-electron chi connectivity index (χ4n) is 9.48. The molecule has 0 saturated carbocycles. The third kappa shape index (κ3) is 13.7. The van der Waals surface area contributed by atoms with Crippen LogP contribution in [0.15, 0.2) is 174 Å². The quantitative estimate of drug-likeness (QED) is 0.0141. The third-order valence-corrected chi connectivity index (χ3v) is 13.6. The maximum absolute atomic E-state index is 13.0. The molecule has 5 aromatic carbocycles. The van der Waals surface area contributed by atoms with E-state index in [1.807, 2.05) is 97.1 Å². The van der Waals surface area contributed by atoms with Gasteiger partial charge in [-0.25, -0.2) is 19.9 Å². The first-order chi connectivity index (χ1) is 37.1.